The maximum atomic E-state index is 13.5. The zero-order chi connectivity index (χ0) is 17.7. The quantitative estimate of drug-likeness (QED) is 0.677. The lowest BCUT2D eigenvalue weighted by Gasteiger charge is -2.18. The Morgan fingerprint density at radius 1 is 1.08 bits per heavy atom. The Morgan fingerprint density at radius 3 is 2.65 bits per heavy atom. The van der Waals surface area contributed by atoms with Crippen LogP contribution in [-0.2, 0) is 16.8 Å². The van der Waals surface area contributed by atoms with Crippen molar-refractivity contribution in [1.29, 1.82) is 0 Å². The van der Waals surface area contributed by atoms with Crippen molar-refractivity contribution >= 4 is 23.2 Å². The molecule has 1 aliphatic carbocycles. The highest BCUT2D eigenvalue weighted by atomic mass is 35.5. The normalized spacial score (nSPS) is 23.3. The van der Waals surface area contributed by atoms with E-state index in [1.807, 2.05) is 59.6 Å². The number of hydrogen-bond acceptors (Lipinski definition) is 2. The van der Waals surface area contributed by atoms with Gasteiger partial charge in [0.2, 0.25) is 5.91 Å². The van der Waals surface area contributed by atoms with Crippen LogP contribution in [0.3, 0.4) is 0 Å². The van der Waals surface area contributed by atoms with Gasteiger partial charge in [0.15, 0.2) is 0 Å². The fourth-order valence-corrected chi connectivity index (χ4v) is 4.40. The van der Waals surface area contributed by atoms with Gasteiger partial charge in [0.1, 0.15) is 0 Å². The second-order valence-electron chi connectivity index (χ2n) is 7.05. The number of pyridine rings is 1. The second-order valence-corrected chi connectivity index (χ2v) is 7.49. The average molecular weight is 361 g/mol. The van der Waals surface area contributed by atoms with Crippen molar-refractivity contribution in [2.75, 3.05) is 4.90 Å². The summed E-state index contributed by atoms with van der Waals surface area (Å²) in [5, 5.41) is 0.722. The van der Waals surface area contributed by atoms with Gasteiger partial charge in [-0.05, 0) is 47.4 Å². The van der Waals surface area contributed by atoms with Crippen molar-refractivity contribution in [1.82, 2.24) is 4.98 Å². The van der Waals surface area contributed by atoms with Crippen LogP contribution in [0.2, 0.25) is 5.02 Å². The minimum Gasteiger partial charge on any atom is -0.307 e. The predicted molar refractivity (Wildman–Crippen MR) is 102 cm³/mol. The second kappa shape index (κ2) is 5.68. The molecule has 1 amide bonds. The van der Waals surface area contributed by atoms with Gasteiger partial charge in [-0.15, -0.1) is 0 Å². The van der Waals surface area contributed by atoms with Gasteiger partial charge in [0.05, 0.1) is 12.0 Å². The molecule has 1 aromatic heterocycles. The number of anilines is 1. The summed E-state index contributed by atoms with van der Waals surface area (Å²) >= 11 is 6.03. The van der Waals surface area contributed by atoms with Crippen LogP contribution in [0, 0.1) is 0 Å². The molecule has 3 aromatic rings. The van der Waals surface area contributed by atoms with E-state index in [4.69, 9.17) is 11.6 Å². The van der Waals surface area contributed by atoms with Crippen molar-refractivity contribution in [3.8, 4) is 0 Å². The van der Waals surface area contributed by atoms with Gasteiger partial charge in [0.25, 0.3) is 0 Å². The first kappa shape index (κ1) is 15.6. The van der Waals surface area contributed by atoms with Crippen molar-refractivity contribution < 1.29 is 4.79 Å². The molecule has 1 fully saturated rings. The lowest BCUT2D eigenvalue weighted by Crippen LogP contribution is -2.32. The van der Waals surface area contributed by atoms with Crippen molar-refractivity contribution in [3.05, 3.63) is 94.8 Å². The summed E-state index contributed by atoms with van der Waals surface area (Å²) in [6.07, 6.45) is 4.43. The van der Waals surface area contributed by atoms with E-state index in [1.54, 1.807) is 6.20 Å². The Balaban J connectivity index is 1.54. The lowest BCUT2D eigenvalue weighted by atomic mass is 9.92. The summed E-state index contributed by atoms with van der Waals surface area (Å²) in [5.74, 6) is 0.412. The van der Waals surface area contributed by atoms with Gasteiger partial charge in [-0.1, -0.05) is 48.0 Å². The van der Waals surface area contributed by atoms with Crippen LogP contribution in [0.1, 0.15) is 29.0 Å². The van der Waals surface area contributed by atoms with Gasteiger partial charge in [0, 0.05) is 29.0 Å². The Hall–Kier alpha value is -2.65. The van der Waals surface area contributed by atoms with Gasteiger partial charge < -0.3 is 4.90 Å². The van der Waals surface area contributed by atoms with Gasteiger partial charge in [-0.25, -0.2) is 0 Å². The molecule has 0 radical (unpaired) electrons. The molecule has 2 aromatic carbocycles. The molecule has 1 aliphatic heterocycles. The third-order valence-corrected chi connectivity index (χ3v) is 5.85. The first-order chi connectivity index (χ1) is 12.7. The van der Waals surface area contributed by atoms with Crippen LogP contribution in [0.25, 0.3) is 0 Å². The number of fused-ring (bicyclic) bond motifs is 2. The predicted octanol–water partition coefficient (Wildman–Crippen LogP) is 4.71. The van der Waals surface area contributed by atoms with E-state index in [-0.39, 0.29) is 11.8 Å². The van der Waals surface area contributed by atoms with Crippen LogP contribution < -0.4 is 4.90 Å². The average Bonchev–Trinajstić information content (AvgIpc) is 3.39. The maximum absolute atomic E-state index is 13.5. The monoisotopic (exact) mass is 360 g/mol. The molecule has 3 nitrogen and oxygen atoms in total. The smallest absolute Gasteiger partial charge is 0.238 e. The molecule has 0 bridgehead atoms. The molecule has 1 saturated carbocycles. The fraction of sp³-hybridized carbons (Fsp3) is 0.182. The summed E-state index contributed by atoms with van der Waals surface area (Å²) in [5.41, 5.74) is 3.97. The molecule has 26 heavy (non-hydrogen) atoms. The Kier molecular flexibility index (Phi) is 3.41. The number of carbonyl (C=O) groups excluding carboxylic acids is 1. The molecule has 128 valence electrons. The zero-order valence-electron chi connectivity index (χ0n) is 14.1. The van der Waals surface area contributed by atoms with Crippen molar-refractivity contribution in [2.45, 2.75) is 24.3 Å². The molecular weight excluding hydrogens is 344 g/mol. The van der Waals surface area contributed by atoms with Gasteiger partial charge in [-0.2, -0.15) is 0 Å². The summed E-state index contributed by atoms with van der Waals surface area (Å²) < 4.78 is 0. The van der Waals surface area contributed by atoms with Crippen molar-refractivity contribution in [2.24, 2.45) is 0 Å². The third kappa shape index (κ3) is 2.20. The van der Waals surface area contributed by atoms with E-state index in [2.05, 4.69) is 17.1 Å². The van der Waals surface area contributed by atoms with Gasteiger partial charge in [-0.3, -0.25) is 9.78 Å². The summed E-state index contributed by atoms with van der Waals surface area (Å²) in [6.45, 7) is 0.554. The Bertz CT molecular complexity index is 987. The summed E-state index contributed by atoms with van der Waals surface area (Å²) in [7, 11) is 0. The first-order valence-corrected chi connectivity index (χ1v) is 9.14. The van der Waals surface area contributed by atoms with E-state index >= 15 is 0 Å². The number of para-hydroxylation sites is 1. The lowest BCUT2D eigenvalue weighted by molar-refractivity contribution is -0.120. The largest absolute Gasteiger partial charge is 0.307 e. The molecule has 0 N–H and O–H groups in total. The number of aromatic nitrogens is 1. The first-order valence-electron chi connectivity index (χ1n) is 8.76. The van der Waals surface area contributed by atoms with Crippen LogP contribution in [0.4, 0.5) is 5.69 Å². The van der Waals surface area contributed by atoms with E-state index in [1.165, 1.54) is 5.56 Å². The van der Waals surface area contributed by atoms with E-state index in [0.717, 1.165) is 28.3 Å². The molecule has 2 heterocycles. The third-order valence-electron chi connectivity index (χ3n) is 5.60. The highest BCUT2D eigenvalue weighted by Gasteiger charge is 2.66. The van der Waals surface area contributed by atoms with Crippen LogP contribution >= 0.6 is 11.6 Å². The van der Waals surface area contributed by atoms with Crippen LogP contribution in [0.5, 0.6) is 0 Å². The number of carbonyl (C=O) groups is 1. The van der Waals surface area contributed by atoms with Crippen molar-refractivity contribution in [3.63, 3.8) is 0 Å². The molecule has 2 atom stereocenters. The Morgan fingerprint density at radius 2 is 1.88 bits per heavy atom. The zero-order valence-corrected chi connectivity index (χ0v) is 14.9. The number of halogens is 1. The summed E-state index contributed by atoms with van der Waals surface area (Å²) in [6, 6.07) is 20.0. The molecule has 2 aliphatic rings. The topological polar surface area (TPSA) is 33.2 Å². The molecule has 5 rings (SSSR count). The van der Waals surface area contributed by atoms with E-state index in [0.29, 0.717) is 6.54 Å². The number of hydrogen-bond donors (Lipinski definition) is 0. The maximum Gasteiger partial charge on any atom is 0.238 e. The molecule has 4 heteroatoms. The van der Waals surface area contributed by atoms with Crippen LogP contribution in [0.15, 0.2) is 73.1 Å². The number of nitrogens with zero attached hydrogens (tertiary/aromatic N) is 2. The van der Waals surface area contributed by atoms with E-state index in [9.17, 15) is 4.79 Å². The molecule has 2 unspecified atom stereocenters. The number of amides is 1. The van der Waals surface area contributed by atoms with Crippen LogP contribution in [-0.4, -0.2) is 10.9 Å². The van der Waals surface area contributed by atoms with E-state index < -0.39 is 5.41 Å². The molecule has 0 saturated heterocycles. The van der Waals surface area contributed by atoms with Gasteiger partial charge >= 0.3 is 0 Å². The highest BCUT2D eigenvalue weighted by molar-refractivity contribution is 6.30. The Labute approximate surface area is 157 Å². The SMILES string of the molecule is O=C1N(Cc2cccnc2)c2ccccc2C12CC2c1ccc(Cl)cc1. The molecular formula is C22H17ClN2O. The minimum absolute atomic E-state index is 0.197. The number of rotatable bonds is 3. The number of benzene rings is 2. The fourth-order valence-electron chi connectivity index (χ4n) is 4.28. The summed E-state index contributed by atoms with van der Waals surface area (Å²) in [4.78, 5) is 19.6. The standard InChI is InChI=1S/C22H17ClN2O/c23-17-9-7-16(8-10-17)19-12-22(19)18-5-1-2-6-20(18)25(21(22)26)14-15-4-3-11-24-13-15/h1-11,13,19H,12,14H2. The minimum atomic E-state index is -0.424. The highest BCUT2D eigenvalue weighted by Crippen LogP contribution is 2.66. The molecule has 1 spiro atoms.